The molecule has 25 heavy (non-hydrogen) atoms. The van der Waals surface area contributed by atoms with Gasteiger partial charge in [0.2, 0.25) is 0 Å². The summed E-state index contributed by atoms with van der Waals surface area (Å²) in [6, 6.07) is 24.7. The molecule has 2 N–H and O–H groups in total. The first-order chi connectivity index (χ1) is 12.4. The van der Waals surface area contributed by atoms with E-state index < -0.39 is 0 Å². The summed E-state index contributed by atoms with van der Waals surface area (Å²) in [7, 11) is 0. The molecule has 0 radical (unpaired) electrons. The van der Waals surface area contributed by atoms with Crippen LogP contribution in [-0.4, -0.2) is 15.2 Å². The molecule has 4 aromatic rings. The summed E-state index contributed by atoms with van der Waals surface area (Å²) < 4.78 is 3.26. The third-order valence-corrected chi connectivity index (χ3v) is 4.60. The van der Waals surface area contributed by atoms with Gasteiger partial charge in [0.15, 0.2) is 5.82 Å². The molecule has 2 aromatic heterocycles. The maximum Gasteiger partial charge on any atom is 0.158 e. The van der Waals surface area contributed by atoms with E-state index in [1.54, 1.807) is 6.20 Å². The van der Waals surface area contributed by atoms with Crippen LogP contribution in [0.1, 0.15) is 0 Å². The van der Waals surface area contributed by atoms with E-state index in [1.807, 2.05) is 30.5 Å². The number of benzene rings is 2. The quantitative estimate of drug-likeness (QED) is 0.485. The van der Waals surface area contributed by atoms with Crippen LogP contribution >= 0.6 is 11.9 Å². The number of H-pyrrole nitrogens is 1. The van der Waals surface area contributed by atoms with Gasteiger partial charge in [0.05, 0.1) is 5.69 Å². The van der Waals surface area contributed by atoms with Gasteiger partial charge in [-0.05, 0) is 47.3 Å². The van der Waals surface area contributed by atoms with E-state index in [0.29, 0.717) is 0 Å². The van der Waals surface area contributed by atoms with Crippen LogP contribution in [0.2, 0.25) is 0 Å². The Morgan fingerprint density at radius 3 is 2.32 bits per heavy atom. The van der Waals surface area contributed by atoms with Crippen molar-refractivity contribution in [1.29, 1.82) is 0 Å². The van der Waals surface area contributed by atoms with Crippen molar-refractivity contribution < 1.29 is 0 Å². The van der Waals surface area contributed by atoms with Crippen molar-refractivity contribution in [3.8, 4) is 22.4 Å². The highest BCUT2D eigenvalue weighted by molar-refractivity contribution is 8.00. The van der Waals surface area contributed by atoms with Gasteiger partial charge in [-0.15, -0.1) is 0 Å². The lowest BCUT2D eigenvalue weighted by atomic mass is 10.1. The summed E-state index contributed by atoms with van der Waals surface area (Å²) in [5.74, 6) is 0.788. The summed E-state index contributed by atoms with van der Waals surface area (Å²) in [5.41, 5.74) is 4.39. The molecule has 0 fully saturated rings. The Balaban J connectivity index is 1.41. The van der Waals surface area contributed by atoms with Gasteiger partial charge in [-0.25, -0.2) is 0 Å². The minimum Gasteiger partial charge on any atom is -0.309 e. The first kappa shape index (κ1) is 15.5. The molecule has 0 spiro atoms. The normalized spacial score (nSPS) is 10.6. The first-order valence-electron chi connectivity index (χ1n) is 7.93. The van der Waals surface area contributed by atoms with E-state index in [9.17, 15) is 0 Å². The molecule has 0 aliphatic heterocycles. The molecule has 0 unspecified atom stereocenters. The van der Waals surface area contributed by atoms with Gasteiger partial charge in [0.25, 0.3) is 0 Å². The Bertz CT molecular complexity index is 934. The zero-order chi connectivity index (χ0) is 16.9. The standard InChI is InChI=1S/C20H16N4S/c1-2-5-15(6-3-1)16-8-10-18(11-9-16)25-24-20-13-19(22-23-20)17-7-4-12-21-14-17/h1-14H,(H2,22,23,24). The van der Waals surface area contributed by atoms with Crippen molar-refractivity contribution in [1.82, 2.24) is 15.2 Å². The topological polar surface area (TPSA) is 53.6 Å². The van der Waals surface area contributed by atoms with Crippen LogP contribution in [0, 0.1) is 0 Å². The molecular weight excluding hydrogens is 328 g/mol. The Morgan fingerprint density at radius 1 is 0.800 bits per heavy atom. The maximum absolute atomic E-state index is 4.29. The van der Waals surface area contributed by atoms with Crippen LogP contribution in [-0.2, 0) is 0 Å². The Hall–Kier alpha value is -3.05. The largest absolute Gasteiger partial charge is 0.309 e. The third kappa shape index (κ3) is 3.72. The Kier molecular flexibility index (Phi) is 4.48. The van der Waals surface area contributed by atoms with Crippen LogP contribution in [0.25, 0.3) is 22.4 Å². The van der Waals surface area contributed by atoms with Gasteiger partial charge >= 0.3 is 0 Å². The van der Waals surface area contributed by atoms with Crippen molar-refractivity contribution in [3.05, 3.63) is 85.2 Å². The molecule has 0 aliphatic rings. The average molecular weight is 344 g/mol. The predicted octanol–water partition coefficient (Wildman–Crippen LogP) is 5.26. The molecule has 4 nitrogen and oxygen atoms in total. The molecule has 122 valence electrons. The van der Waals surface area contributed by atoms with E-state index in [2.05, 4.69) is 68.4 Å². The lowest BCUT2D eigenvalue weighted by molar-refractivity contribution is 1.10. The van der Waals surface area contributed by atoms with Crippen molar-refractivity contribution >= 4 is 17.8 Å². The Morgan fingerprint density at radius 2 is 1.56 bits per heavy atom. The van der Waals surface area contributed by atoms with Crippen molar-refractivity contribution in [2.75, 3.05) is 4.72 Å². The van der Waals surface area contributed by atoms with Gasteiger partial charge in [-0.2, -0.15) is 5.10 Å². The van der Waals surface area contributed by atoms with Gasteiger partial charge < -0.3 is 4.72 Å². The number of nitrogens with zero attached hydrogens (tertiary/aromatic N) is 2. The fourth-order valence-electron chi connectivity index (χ4n) is 2.50. The summed E-state index contributed by atoms with van der Waals surface area (Å²) >= 11 is 1.54. The summed E-state index contributed by atoms with van der Waals surface area (Å²) in [6.45, 7) is 0. The SMILES string of the molecule is c1ccc(-c2ccc(SNc3cc(-c4cccnc4)[nH]n3)cc2)cc1. The predicted molar refractivity (Wildman–Crippen MR) is 103 cm³/mol. The Labute approximate surface area is 150 Å². The molecule has 2 aromatic carbocycles. The van der Waals surface area contributed by atoms with Crippen molar-refractivity contribution in [2.24, 2.45) is 0 Å². The zero-order valence-electron chi connectivity index (χ0n) is 13.4. The molecule has 0 bridgehead atoms. The minimum absolute atomic E-state index is 0.788. The second kappa shape index (κ2) is 7.23. The maximum atomic E-state index is 4.29. The summed E-state index contributed by atoms with van der Waals surface area (Å²) in [4.78, 5) is 5.25. The van der Waals surface area contributed by atoms with E-state index >= 15 is 0 Å². The second-order valence-corrected chi connectivity index (χ2v) is 6.38. The summed E-state index contributed by atoms with van der Waals surface area (Å²) in [5, 5.41) is 7.31. The van der Waals surface area contributed by atoms with Crippen LogP contribution in [0.3, 0.4) is 0 Å². The van der Waals surface area contributed by atoms with Crippen LogP contribution in [0.5, 0.6) is 0 Å². The number of pyridine rings is 1. The number of hydrogen-bond acceptors (Lipinski definition) is 4. The lowest BCUT2D eigenvalue weighted by Crippen LogP contribution is -1.86. The van der Waals surface area contributed by atoms with E-state index in [-0.39, 0.29) is 0 Å². The highest BCUT2D eigenvalue weighted by atomic mass is 32.2. The number of anilines is 1. The number of nitrogens with one attached hydrogen (secondary N) is 2. The van der Waals surface area contributed by atoms with Gasteiger partial charge in [-0.1, -0.05) is 42.5 Å². The van der Waals surface area contributed by atoms with E-state index in [0.717, 1.165) is 22.0 Å². The minimum atomic E-state index is 0.788. The molecule has 2 heterocycles. The van der Waals surface area contributed by atoms with Crippen molar-refractivity contribution in [3.63, 3.8) is 0 Å². The zero-order valence-corrected chi connectivity index (χ0v) is 14.2. The number of aromatic nitrogens is 3. The van der Waals surface area contributed by atoms with Crippen molar-refractivity contribution in [2.45, 2.75) is 4.90 Å². The molecule has 4 rings (SSSR count). The fraction of sp³-hybridized carbons (Fsp3) is 0. The highest BCUT2D eigenvalue weighted by Gasteiger charge is 2.04. The second-order valence-electron chi connectivity index (χ2n) is 5.50. The van der Waals surface area contributed by atoms with Gasteiger partial charge in [0, 0.05) is 28.9 Å². The smallest absolute Gasteiger partial charge is 0.158 e. The van der Waals surface area contributed by atoms with Gasteiger partial charge in [-0.3, -0.25) is 10.1 Å². The first-order valence-corrected chi connectivity index (χ1v) is 8.74. The summed E-state index contributed by atoms with van der Waals surface area (Å²) in [6.07, 6.45) is 3.57. The fourth-order valence-corrected chi connectivity index (χ4v) is 3.10. The third-order valence-electron chi connectivity index (χ3n) is 3.79. The average Bonchev–Trinajstić information content (AvgIpc) is 3.17. The molecular formula is C20H16N4S. The van der Waals surface area contributed by atoms with Crippen LogP contribution in [0.15, 0.2) is 90.1 Å². The molecule has 0 aliphatic carbocycles. The van der Waals surface area contributed by atoms with E-state index in [1.165, 1.54) is 23.1 Å². The highest BCUT2D eigenvalue weighted by Crippen LogP contribution is 2.26. The lowest BCUT2D eigenvalue weighted by Gasteiger charge is -2.04. The number of hydrogen-bond donors (Lipinski definition) is 2. The molecule has 5 heteroatoms. The number of aromatic amines is 1. The monoisotopic (exact) mass is 344 g/mol. The van der Waals surface area contributed by atoms with E-state index in [4.69, 9.17) is 0 Å². The van der Waals surface area contributed by atoms with Gasteiger partial charge in [0.1, 0.15) is 0 Å². The van der Waals surface area contributed by atoms with Crippen LogP contribution < -0.4 is 4.72 Å². The molecule has 0 amide bonds. The van der Waals surface area contributed by atoms with Crippen LogP contribution in [0.4, 0.5) is 5.82 Å². The molecule has 0 saturated heterocycles. The number of rotatable bonds is 5. The molecule has 0 saturated carbocycles. The molecule has 0 atom stereocenters.